The molecule has 5 heteroatoms. The van der Waals surface area contributed by atoms with Gasteiger partial charge in [0.2, 0.25) is 0 Å². The van der Waals surface area contributed by atoms with Gasteiger partial charge in [0, 0.05) is 0 Å². The maximum atomic E-state index is 5.69. The van der Waals surface area contributed by atoms with Crippen LogP contribution < -0.4 is 16.8 Å². The first-order chi connectivity index (χ1) is 7.25. The van der Waals surface area contributed by atoms with E-state index < -0.39 is 0 Å². The number of anilines is 2. The van der Waals surface area contributed by atoms with Crippen molar-refractivity contribution < 1.29 is 0 Å². The molecule has 0 unspecified atom stereocenters. The van der Waals surface area contributed by atoms with Crippen molar-refractivity contribution in [2.24, 2.45) is 5.92 Å². The van der Waals surface area contributed by atoms with E-state index in [1.165, 1.54) is 12.8 Å². The minimum absolute atomic E-state index is 0.323. The number of rotatable bonds is 2. The molecule has 1 saturated heterocycles. The number of piperidine rings is 1. The summed E-state index contributed by atoms with van der Waals surface area (Å²) in [7, 11) is 0. The first-order valence-electron chi connectivity index (χ1n) is 5.34. The van der Waals surface area contributed by atoms with Gasteiger partial charge in [-0.05, 0) is 44.3 Å². The Labute approximate surface area is 89.3 Å². The zero-order chi connectivity index (χ0) is 10.7. The minimum atomic E-state index is 0.323. The molecule has 1 fully saturated rings. The molecule has 1 aliphatic heterocycles. The SMILES string of the molecule is Nc1cc(CC2CCNCC2)nnc1N. The second-order valence-corrected chi connectivity index (χ2v) is 4.07. The van der Waals surface area contributed by atoms with Crippen LogP contribution in [0.2, 0.25) is 0 Å². The highest BCUT2D eigenvalue weighted by atomic mass is 15.1. The van der Waals surface area contributed by atoms with Crippen molar-refractivity contribution in [2.75, 3.05) is 24.6 Å². The third-order valence-corrected chi connectivity index (χ3v) is 2.86. The number of nitrogens with one attached hydrogen (secondary N) is 1. The van der Waals surface area contributed by atoms with Gasteiger partial charge in [0.05, 0.1) is 11.4 Å². The van der Waals surface area contributed by atoms with Crippen LogP contribution in [0.1, 0.15) is 18.5 Å². The molecule has 1 aromatic heterocycles. The molecule has 0 spiro atoms. The molecule has 2 heterocycles. The van der Waals surface area contributed by atoms with E-state index in [9.17, 15) is 0 Å². The molecule has 82 valence electrons. The third kappa shape index (κ3) is 2.56. The lowest BCUT2D eigenvalue weighted by Gasteiger charge is -2.21. The smallest absolute Gasteiger partial charge is 0.169 e. The molecule has 5 nitrogen and oxygen atoms in total. The second kappa shape index (κ2) is 4.44. The van der Waals surface area contributed by atoms with Gasteiger partial charge in [-0.15, -0.1) is 5.10 Å². The molecular weight excluding hydrogens is 190 g/mol. The fourth-order valence-corrected chi connectivity index (χ4v) is 1.94. The normalized spacial score (nSPS) is 17.9. The lowest BCUT2D eigenvalue weighted by molar-refractivity contribution is 0.369. The summed E-state index contributed by atoms with van der Waals surface area (Å²) < 4.78 is 0. The maximum Gasteiger partial charge on any atom is 0.169 e. The van der Waals surface area contributed by atoms with E-state index in [-0.39, 0.29) is 0 Å². The van der Waals surface area contributed by atoms with Gasteiger partial charge in [-0.2, -0.15) is 5.10 Å². The van der Waals surface area contributed by atoms with Crippen LogP contribution in [0, 0.1) is 5.92 Å². The summed E-state index contributed by atoms with van der Waals surface area (Å²) in [5.41, 5.74) is 12.7. The molecule has 0 bridgehead atoms. The molecule has 0 atom stereocenters. The van der Waals surface area contributed by atoms with Crippen LogP contribution in [0.4, 0.5) is 11.5 Å². The van der Waals surface area contributed by atoms with Crippen LogP contribution in [0.25, 0.3) is 0 Å². The predicted octanol–water partition coefficient (Wildman–Crippen LogP) is 0.183. The highest BCUT2D eigenvalue weighted by Crippen LogP contribution is 2.18. The summed E-state index contributed by atoms with van der Waals surface area (Å²) in [6.45, 7) is 2.20. The van der Waals surface area contributed by atoms with E-state index in [4.69, 9.17) is 11.5 Å². The van der Waals surface area contributed by atoms with Crippen LogP contribution in [0.15, 0.2) is 6.07 Å². The largest absolute Gasteiger partial charge is 0.396 e. The summed E-state index contributed by atoms with van der Waals surface area (Å²) in [4.78, 5) is 0. The van der Waals surface area contributed by atoms with Gasteiger partial charge in [0.25, 0.3) is 0 Å². The lowest BCUT2D eigenvalue weighted by atomic mass is 9.93. The first-order valence-corrected chi connectivity index (χ1v) is 5.34. The molecule has 5 N–H and O–H groups in total. The molecule has 1 aromatic rings. The first kappa shape index (κ1) is 10.2. The molecule has 0 radical (unpaired) electrons. The molecule has 0 saturated carbocycles. The van der Waals surface area contributed by atoms with Crippen molar-refractivity contribution in [2.45, 2.75) is 19.3 Å². The van der Waals surface area contributed by atoms with Crippen LogP contribution in [0.3, 0.4) is 0 Å². The molecule has 0 aromatic carbocycles. The predicted molar refractivity (Wildman–Crippen MR) is 60.2 cm³/mol. The zero-order valence-electron chi connectivity index (χ0n) is 8.74. The summed E-state index contributed by atoms with van der Waals surface area (Å²) >= 11 is 0. The van der Waals surface area contributed by atoms with Crippen LogP contribution in [0.5, 0.6) is 0 Å². The highest BCUT2D eigenvalue weighted by Gasteiger charge is 2.14. The Morgan fingerprint density at radius 2 is 2.00 bits per heavy atom. The van der Waals surface area contributed by atoms with Gasteiger partial charge in [0.15, 0.2) is 5.82 Å². The Morgan fingerprint density at radius 3 is 2.67 bits per heavy atom. The van der Waals surface area contributed by atoms with Crippen molar-refractivity contribution in [1.29, 1.82) is 0 Å². The maximum absolute atomic E-state index is 5.69. The second-order valence-electron chi connectivity index (χ2n) is 4.07. The number of hydrogen-bond acceptors (Lipinski definition) is 5. The van der Waals surface area contributed by atoms with Gasteiger partial charge in [-0.25, -0.2) is 0 Å². The van der Waals surface area contributed by atoms with Gasteiger partial charge in [0.1, 0.15) is 0 Å². The van der Waals surface area contributed by atoms with Gasteiger partial charge in [-0.3, -0.25) is 0 Å². The van der Waals surface area contributed by atoms with Crippen LogP contribution in [-0.4, -0.2) is 23.3 Å². The summed E-state index contributed by atoms with van der Waals surface area (Å²) in [5, 5.41) is 11.2. The fourth-order valence-electron chi connectivity index (χ4n) is 1.94. The van der Waals surface area contributed by atoms with Crippen molar-refractivity contribution >= 4 is 11.5 Å². The number of nitrogens with two attached hydrogens (primary N) is 2. The van der Waals surface area contributed by atoms with Crippen molar-refractivity contribution in [3.05, 3.63) is 11.8 Å². The van der Waals surface area contributed by atoms with E-state index in [0.29, 0.717) is 17.4 Å². The molecule has 15 heavy (non-hydrogen) atoms. The van der Waals surface area contributed by atoms with E-state index in [1.54, 1.807) is 0 Å². The molecule has 2 rings (SSSR count). The quantitative estimate of drug-likeness (QED) is 0.643. The topological polar surface area (TPSA) is 89.8 Å². The van der Waals surface area contributed by atoms with Gasteiger partial charge < -0.3 is 16.8 Å². The summed E-state index contributed by atoms with van der Waals surface area (Å²) in [6.07, 6.45) is 3.36. The number of nitrogens with zero attached hydrogens (tertiary/aromatic N) is 2. The molecule has 0 aliphatic carbocycles. The van der Waals surface area contributed by atoms with Crippen LogP contribution >= 0.6 is 0 Å². The highest BCUT2D eigenvalue weighted by molar-refractivity contribution is 5.57. The zero-order valence-corrected chi connectivity index (χ0v) is 8.74. The molecular formula is C10H17N5. The van der Waals surface area contributed by atoms with Crippen LogP contribution in [-0.2, 0) is 6.42 Å². The average molecular weight is 207 g/mol. The Balaban J connectivity index is 2.00. The number of aromatic nitrogens is 2. The van der Waals surface area contributed by atoms with E-state index in [2.05, 4.69) is 15.5 Å². The minimum Gasteiger partial charge on any atom is -0.396 e. The summed E-state index contributed by atoms with van der Waals surface area (Å²) in [5.74, 6) is 1.02. The van der Waals surface area contributed by atoms with E-state index in [1.807, 2.05) is 6.07 Å². The van der Waals surface area contributed by atoms with Crippen molar-refractivity contribution in [1.82, 2.24) is 15.5 Å². The monoisotopic (exact) mass is 207 g/mol. The molecule has 1 aliphatic rings. The fraction of sp³-hybridized carbons (Fsp3) is 0.600. The summed E-state index contributed by atoms with van der Waals surface area (Å²) in [6, 6.07) is 1.84. The van der Waals surface area contributed by atoms with E-state index >= 15 is 0 Å². The standard InChI is InChI=1S/C10H17N5/c11-9-6-8(14-15-10(9)12)5-7-1-3-13-4-2-7/h6-7,13H,1-5H2,(H2,11,14)(H2,12,15). The Bertz CT molecular complexity index is 333. The Kier molecular flexibility index (Phi) is 3.01. The number of hydrogen-bond donors (Lipinski definition) is 3. The third-order valence-electron chi connectivity index (χ3n) is 2.86. The Hall–Kier alpha value is -1.36. The van der Waals surface area contributed by atoms with E-state index in [0.717, 1.165) is 25.2 Å². The number of nitrogen functional groups attached to an aromatic ring is 2. The van der Waals surface area contributed by atoms with Gasteiger partial charge >= 0.3 is 0 Å². The average Bonchev–Trinajstić information content (AvgIpc) is 2.25. The Morgan fingerprint density at radius 1 is 1.27 bits per heavy atom. The van der Waals surface area contributed by atoms with Crippen molar-refractivity contribution in [3.8, 4) is 0 Å². The van der Waals surface area contributed by atoms with Crippen molar-refractivity contribution in [3.63, 3.8) is 0 Å². The lowest BCUT2D eigenvalue weighted by Crippen LogP contribution is -2.28. The molecule has 0 amide bonds. The van der Waals surface area contributed by atoms with Gasteiger partial charge in [-0.1, -0.05) is 0 Å².